The maximum atomic E-state index is 11.8. The lowest BCUT2D eigenvalue weighted by Crippen LogP contribution is -2.46. The highest BCUT2D eigenvalue weighted by Gasteiger charge is 2.32. The van der Waals surface area contributed by atoms with Gasteiger partial charge in [0.1, 0.15) is 5.75 Å². The van der Waals surface area contributed by atoms with Crippen LogP contribution >= 0.6 is 0 Å². The third-order valence-electron chi connectivity index (χ3n) is 3.99. The van der Waals surface area contributed by atoms with Gasteiger partial charge < -0.3 is 10.6 Å². The topological polar surface area (TPSA) is 83.7 Å². The molecule has 0 aromatic carbocycles. The maximum absolute atomic E-state index is 11.8. The fourth-order valence-corrected chi connectivity index (χ4v) is 3.50. The first-order valence-corrected chi connectivity index (χ1v) is 8.86. The van der Waals surface area contributed by atoms with Gasteiger partial charge in [-0.1, -0.05) is 0 Å². The highest BCUT2D eigenvalue weighted by atomic mass is 32.2. The zero-order valence-corrected chi connectivity index (χ0v) is 12.2. The molecule has 7 heteroatoms. The highest BCUT2D eigenvalue weighted by molar-refractivity contribution is 7.91. The molecule has 2 aliphatic heterocycles. The maximum Gasteiger partial charge on any atom is 0.237 e. The Labute approximate surface area is 114 Å². The van der Waals surface area contributed by atoms with Gasteiger partial charge in [0.25, 0.3) is 0 Å². The Morgan fingerprint density at radius 3 is 2.42 bits per heavy atom. The van der Waals surface area contributed by atoms with Gasteiger partial charge in [0.05, 0.1) is 0 Å². The van der Waals surface area contributed by atoms with E-state index in [0.29, 0.717) is 25.2 Å². The highest BCUT2D eigenvalue weighted by Crippen LogP contribution is 2.20. The molecule has 2 fully saturated rings. The van der Waals surface area contributed by atoms with Crippen molar-refractivity contribution in [3.8, 4) is 0 Å². The average molecular weight is 289 g/mol. The molecule has 2 heterocycles. The minimum Gasteiger partial charge on any atom is -0.340 e. The smallest absolute Gasteiger partial charge is 0.237 e. The Kier molecular flexibility index (Phi) is 4.47. The largest absolute Gasteiger partial charge is 0.340 e. The van der Waals surface area contributed by atoms with Crippen molar-refractivity contribution >= 4 is 15.7 Å². The summed E-state index contributed by atoms with van der Waals surface area (Å²) in [5.74, 6) is -0.636. The lowest BCUT2D eigenvalue weighted by molar-refractivity contribution is -0.127. The van der Waals surface area contributed by atoms with Crippen LogP contribution < -0.4 is 5.73 Å². The number of sulfone groups is 1. The van der Waals surface area contributed by atoms with Gasteiger partial charge >= 0.3 is 0 Å². The second-order valence-electron chi connectivity index (χ2n) is 5.73. The van der Waals surface area contributed by atoms with Crippen molar-refractivity contribution in [2.45, 2.75) is 31.3 Å². The summed E-state index contributed by atoms with van der Waals surface area (Å²) in [5, 5.41) is 0. The number of carbonyl (C=O) groups is 1. The Morgan fingerprint density at radius 1 is 1.21 bits per heavy atom. The average Bonchev–Trinajstić information content (AvgIpc) is 2.77. The number of rotatable bonds is 3. The third kappa shape index (κ3) is 4.15. The SMILES string of the molecule is CS(=O)(=O)CC(=O)N1CCC(N2CCC(N)CC2)C1. The molecule has 0 aromatic heterocycles. The van der Waals surface area contributed by atoms with Crippen molar-refractivity contribution in [3.05, 3.63) is 0 Å². The molecule has 2 saturated heterocycles. The molecule has 19 heavy (non-hydrogen) atoms. The van der Waals surface area contributed by atoms with Crippen LogP contribution in [0.2, 0.25) is 0 Å². The van der Waals surface area contributed by atoms with Crippen LogP contribution in [0.5, 0.6) is 0 Å². The first-order chi connectivity index (χ1) is 8.85. The second-order valence-corrected chi connectivity index (χ2v) is 7.87. The predicted octanol–water partition coefficient (Wildman–Crippen LogP) is -0.945. The van der Waals surface area contributed by atoms with Crippen molar-refractivity contribution < 1.29 is 13.2 Å². The molecule has 0 spiro atoms. The molecule has 0 aliphatic carbocycles. The molecule has 2 aliphatic rings. The number of hydrogen-bond donors (Lipinski definition) is 1. The molecule has 0 bridgehead atoms. The van der Waals surface area contributed by atoms with Crippen molar-refractivity contribution in [1.29, 1.82) is 0 Å². The number of carbonyl (C=O) groups excluding carboxylic acids is 1. The summed E-state index contributed by atoms with van der Waals surface area (Å²) in [4.78, 5) is 15.9. The van der Waals surface area contributed by atoms with Crippen LogP contribution in [0, 0.1) is 0 Å². The summed E-state index contributed by atoms with van der Waals surface area (Å²) < 4.78 is 22.3. The Hall–Kier alpha value is -0.660. The Balaban J connectivity index is 1.84. The Bertz CT molecular complexity index is 430. The van der Waals surface area contributed by atoms with Gasteiger partial charge in [-0.2, -0.15) is 0 Å². The van der Waals surface area contributed by atoms with E-state index in [1.807, 2.05) is 0 Å². The fraction of sp³-hybridized carbons (Fsp3) is 0.917. The molecular weight excluding hydrogens is 266 g/mol. The molecular formula is C12H23N3O3S. The molecule has 110 valence electrons. The summed E-state index contributed by atoms with van der Waals surface area (Å²) in [6.07, 6.45) is 4.05. The van der Waals surface area contributed by atoms with Crippen LogP contribution in [-0.4, -0.2) is 74.4 Å². The molecule has 1 atom stereocenters. The zero-order valence-electron chi connectivity index (χ0n) is 11.4. The van der Waals surface area contributed by atoms with Crippen LogP contribution in [0.15, 0.2) is 0 Å². The van der Waals surface area contributed by atoms with Crippen molar-refractivity contribution in [2.75, 3.05) is 38.2 Å². The van der Waals surface area contributed by atoms with Crippen LogP contribution in [0.4, 0.5) is 0 Å². The fourth-order valence-electron chi connectivity index (χ4n) is 2.87. The van der Waals surface area contributed by atoms with E-state index in [1.54, 1.807) is 4.90 Å². The van der Waals surface area contributed by atoms with Crippen LogP contribution in [0.25, 0.3) is 0 Å². The quantitative estimate of drug-likeness (QED) is 0.724. The summed E-state index contributed by atoms with van der Waals surface area (Å²) >= 11 is 0. The predicted molar refractivity (Wildman–Crippen MR) is 73.5 cm³/mol. The van der Waals surface area contributed by atoms with E-state index in [2.05, 4.69) is 4.90 Å². The summed E-state index contributed by atoms with van der Waals surface area (Å²) in [6, 6.07) is 0.677. The van der Waals surface area contributed by atoms with E-state index in [9.17, 15) is 13.2 Å². The standard InChI is InChI=1S/C12H23N3O3S/c1-19(17,18)9-12(16)15-7-4-11(8-15)14-5-2-10(13)3-6-14/h10-11H,2-9,13H2,1H3. The Morgan fingerprint density at radius 2 is 1.84 bits per heavy atom. The number of amides is 1. The lowest BCUT2D eigenvalue weighted by atomic mass is 10.0. The van der Waals surface area contributed by atoms with E-state index in [0.717, 1.165) is 38.6 Å². The molecule has 2 N–H and O–H groups in total. The first kappa shape index (κ1) is 14.7. The molecule has 0 saturated carbocycles. The molecule has 1 amide bonds. The van der Waals surface area contributed by atoms with E-state index in [1.165, 1.54) is 0 Å². The molecule has 1 unspecified atom stereocenters. The van der Waals surface area contributed by atoms with Crippen molar-refractivity contribution in [2.24, 2.45) is 5.73 Å². The van der Waals surface area contributed by atoms with Gasteiger partial charge in [-0.25, -0.2) is 8.42 Å². The minimum absolute atomic E-state index is 0.265. The summed E-state index contributed by atoms with van der Waals surface area (Å²) in [6.45, 7) is 3.30. The summed E-state index contributed by atoms with van der Waals surface area (Å²) in [7, 11) is -3.23. The van der Waals surface area contributed by atoms with E-state index in [-0.39, 0.29) is 11.7 Å². The van der Waals surface area contributed by atoms with Gasteiger partial charge in [0.2, 0.25) is 5.91 Å². The molecule has 0 aromatic rings. The third-order valence-corrected chi connectivity index (χ3v) is 4.76. The summed E-state index contributed by atoms with van der Waals surface area (Å²) in [5.41, 5.74) is 5.88. The monoisotopic (exact) mass is 289 g/mol. The molecule has 0 radical (unpaired) electrons. The lowest BCUT2D eigenvalue weighted by Gasteiger charge is -2.34. The molecule has 6 nitrogen and oxygen atoms in total. The van der Waals surface area contributed by atoms with E-state index < -0.39 is 9.84 Å². The first-order valence-electron chi connectivity index (χ1n) is 6.80. The van der Waals surface area contributed by atoms with Crippen molar-refractivity contribution in [1.82, 2.24) is 9.80 Å². The van der Waals surface area contributed by atoms with Crippen LogP contribution in [0.1, 0.15) is 19.3 Å². The van der Waals surface area contributed by atoms with E-state index >= 15 is 0 Å². The van der Waals surface area contributed by atoms with Gasteiger partial charge in [0, 0.05) is 31.4 Å². The number of piperidine rings is 1. The second kappa shape index (κ2) is 5.76. The number of likely N-dealkylation sites (tertiary alicyclic amines) is 2. The van der Waals surface area contributed by atoms with Gasteiger partial charge in [-0.3, -0.25) is 9.69 Å². The normalized spacial score (nSPS) is 26.8. The number of nitrogens with zero attached hydrogens (tertiary/aromatic N) is 2. The van der Waals surface area contributed by atoms with Crippen molar-refractivity contribution in [3.63, 3.8) is 0 Å². The van der Waals surface area contributed by atoms with Gasteiger partial charge in [-0.05, 0) is 32.4 Å². The van der Waals surface area contributed by atoms with Crippen LogP contribution in [0.3, 0.4) is 0 Å². The van der Waals surface area contributed by atoms with Crippen LogP contribution in [-0.2, 0) is 14.6 Å². The minimum atomic E-state index is -3.23. The zero-order chi connectivity index (χ0) is 14.0. The molecule has 2 rings (SSSR count). The van der Waals surface area contributed by atoms with Gasteiger partial charge in [0.15, 0.2) is 9.84 Å². The van der Waals surface area contributed by atoms with E-state index in [4.69, 9.17) is 5.73 Å². The van der Waals surface area contributed by atoms with Gasteiger partial charge in [-0.15, -0.1) is 0 Å². The number of hydrogen-bond acceptors (Lipinski definition) is 5. The number of nitrogens with two attached hydrogens (primary N) is 1.